The highest BCUT2D eigenvalue weighted by Gasteiger charge is 2.26. The molecule has 6 nitrogen and oxygen atoms in total. The summed E-state index contributed by atoms with van der Waals surface area (Å²) in [7, 11) is -2.09. The summed E-state index contributed by atoms with van der Waals surface area (Å²) >= 11 is 0. The number of rotatable bonds is 8. The van der Waals surface area contributed by atoms with Crippen molar-refractivity contribution in [2.75, 3.05) is 26.7 Å². The van der Waals surface area contributed by atoms with Gasteiger partial charge in [0.15, 0.2) is 0 Å². The topological polar surface area (TPSA) is 69.7 Å². The number of aryl methyl sites for hydroxylation is 1. The lowest BCUT2D eigenvalue weighted by Gasteiger charge is -2.28. The molecule has 3 rings (SSSR count). The van der Waals surface area contributed by atoms with Gasteiger partial charge in [-0.15, -0.1) is 0 Å². The van der Waals surface area contributed by atoms with Gasteiger partial charge in [0, 0.05) is 25.2 Å². The molecule has 0 saturated carbocycles. The molecule has 7 heteroatoms. The van der Waals surface area contributed by atoms with E-state index < -0.39 is 10.0 Å². The number of carbonyl (C=O) groups excluding carboxylic acids is 1. The zero-order chi connectivity index (χ0) is 22.6. The van der Waals surface area contributed by atoms with Crippen molar-refractivity contribution in [2.45, 2.75) is 50.6 Å². The molecule has 0 radical (unpaired) electrons. The molecule has 31 heavy (non-hydrogen) atoms. The van der Waals surface area contributed by atoms with Crippen molar-refractivity contribution in [3.8, 4) is 0 Å². The van der Waals surface area contributed by atoms with E-state index in [1.165, 1.54) is 40.4 Å². The highest BCUT2D eigenvalue weighted by Crippen LogP contribution is 2.25. The molecule has 0 aromatic heterocycles. The highest BCUT2D eigenvalue weighted by atomic mass is 32.2. The second-order valence-electron chi connectivity index (χ2n) is 8.52. The number of carbonyl (C=O) groups is 1. The Labute approximate surface area is 186 Å². The van der Waals surface area contributed by atoms with E-state index in [4.69, 9.17) is 0 Å². The fourth-order valence-corrected chi connectivity index (χ4v) is 5.25. The minimum atomic E-state index is -3.64. The Morgan fingerprint density at radius 2 is 1.74 bits per heavy atom. The van der Waals surface area contributed by atoms with Gasteiger partial charge in [-0.25, -0.2) is 8.42 Å². The average molecular weight is 444 g/mol. The van der Waals surface area contributed by atoms with Crippen LogP contribution in [0.5, 0.6) is 0 Å². The van der Waals surface area contributed by atoms with Gasteiger partial charge in [-0.2, -0.15) is 4.31 Å². The maximum atomic E-state index is 12.9. The first kappa shape index (κ1) is 23.4. The van der Waals surface area contributed by atoms with Gasteiger partial charge in [-0.3, -0.25) is 9.69 Å². The van der Waals surface area contributed by atoms with Crippen LogP contribution in [0.2, 0.25) is 0 Å². The Morgan fingerprint density at radius 1 is 1.10 bits per heavy atom. The van der Waals surface area contributed by atoms with Crippen molar-refractivity contribution in [1.82, 2.24) is 14.5 Å². The first-order valence-corrected chi connectivity index (χ1v) is 12.3. The molecule has 1 amide bonds. The molecule has 1 heterocycles. The standard InChI is InChI=1S/C24H33N3O3S/c1-18(2)26(4)31(29,30)22-9-7-8-21(16-22)24(28)25-17-23(27-14-5-6-15-27)20-12-10-19(3)11-13-20/h7-13,16,18,23H,5-6,14-15,17H2,1-4H3,(H,25,28). The molecule has 1 atom stereocenters. The first-order chi connectivity index (χ1) is 14.7. The molecule has 0 aliphatic carbocycles. The third-order valence-electron chi connectivity index (χ3n) is 6.00. The van der Waals surface area contributed by atoms with E-state index in [9.17, 15) is 13.2 Å². The second-order valence-corrected chi connectivity index (χ2v) is 10.5. The van der Waals surface area contributed by atoms with Crippen LogP contribution in [-0.4, -0.2) is 56.3 Å². The largest absolute Gasteiger partial charge is 0.350 e. The van der Waals surface area contributed by atoms with Crippen LogP contribution in [0, 0.1) is 6.92 Å². The molecule has 1 saturated heterocycles. The minimum Gasteiger partial charge on any atom is -0.350 e. The van der Waals surface area contributed by atoms with Crippen molar-refractivity contribution in [1.29, 1.82) is 0 Å². The van der Waals surface area contributed by atoms with Crippen LogP contribution in [-0.2, 0) is 10.0 Å². The van der Waals surface area contributed by atoms with Crippen LogP contribution < -0.4 is 5.32 Å². The predicted octanol–water partition coefficient (Wildman–Crippen LogP) is 3.59. The van der Waals surface area contributed by atoms with Gasteiger partial charge in [0.2, 0.25) is 10.0 Å². The number of nitrogens with zero attached hydrogens (tertiary/aromatic N) is 2. The van der Waals surface area contributed by atoms with Gasteiger partial charge in [-0.1, -0.05) is 35.9 Å². The number of hydrogen-bond acceptors (Lipinski definition) is 4. The number of benzene rings is 2. The van der Waals surface area contributed by atoms with Crippen LogP contribution in [0.25, 0.3) is 0 Å². The van der Waals surface area contributed by atoms with Gasteiger partial charge in [0.25, 0.3) is 5.91 Å². The summed E-state index contributed by atoms with van der Waals surface area (Å²) in [5.74, 6) is -0.263. The third kappa shape index (κ3) is 5.53. The van der Waals surface area contributed by atoms with Crippen molar-refractivity contribution in [3.05, 3.63) is 65.2 Å². The summed E-state index contributed by atoms with van der Waals surface area (Å²) < 4.78 is 26.9. The summed E-state index contributed by atoms with van der Waals surface area (Å²) in [6.07, 6.45) is 2.33. The van der Waals surface area contributed by atoms with Gasteiger partial charge >= 0.3 is 0 Å². The van der Waals surface area contributed by atoms with Gasteiger partial charge in [0.05, 0.1) is 10.9 Å². The normalized spacial score (nSPS) is 16.1. The molecule has 0 spiro atoms. The zero-order valence-corrected chi connectivity index (χ0v) is 19.7. The first-order valence-electron chi connectivity index (χ1n) is 10.9. The predicted molar refractivity (Wildman–Crippen MR) is 124 cm³/mol. The third-order valence-corrected chi connectivity index (χ3v) is 8.03. The van der Waals surface area contributed by atoms with Crippen molar-refractivity contribution < 1.29 is 13.2 Å². The average Bonchev–Trinajstić information content (AvgIpc) is 3.29. The quantitative estimate of drug-likeness (QED) is 0.677. The Kier molecular flexibility index (Phi) is 7.51. The summed E-state index contributed by atoms with van der Waals surface area (Å²) in [4.78, 5) is 15.4. The molecule has 1 N–H and O–H groups in total. The van der Waals surface area contributed by atoms with Crippen LogP contribution in [0.3, 0.4) is 0 Å². The number of hydrogen-bond donors (Lipinski definition) is 1. The van der Waals surface area contributed by atoms with Gasteiger partial charge in [0.1, 0.15) is 0 Å². The van der Waals surface area contributed by atoms with E-state index in [1.54, 1.807) is 19.2 Å². The summed E-state index contributed by atoms with van der Waals surface area (Å²) in [6, 6.07) is 14.6. The lowest BCUT2D eigenvalue weighted by molar-refractivity contribution is 0.0937. The van der Waals surface area contributed by atoms with Gasteiger partial charge in [-0.05, 0) is 70.5 Å². The Bertz CT molecular complexity index is 997. The van der Waals surface area contributed by atoms with E-state index in [-0.39, 0.29) is 22.9 Å². The van der Waals surface area contributed by atoms with Crippen LogP contribution >= 0.6 is 0 Å². The molecule has 2 aromatic carbocycles. The van der Waals surface area contributed by atoms with Crippen LogP contribution in [0.4, 0.5) is 0 Å². The maximum Gasteiger partial charge on any atom is 0.251 e. The molecular weight excluding hydrogens is 410 g/mol. The number of nitrogens with one attached hydrogen (secondary N) is 1. The van der Waals surface area contributed by atoms with E-state index in [2.05, 4.69) is 41.4 Å². The number of sulfonamides is 1. The molecule has 1 unspecified atom stereocenters. The molecule has 1 aliphatic heterocycles. The monoisotopic (exact) mass is 443 g/mol. The van der Waals surface area contributed by atoms with E-state index in [0.29, 0.717) is 12.1 Å². The van der Waals surface area contributed by atoms with Crippen LogP contribution in [0.1, 0.15) is 54.2 Å². The molecule has 1 aliphatic rings. The second kappa shape index (κ2) is 9.94. The number of amides is 1. The summed E-state index contributed by atoms with van der Waals surface area (Å²) in [5.41, 5.74) is 2.74. The van der Waals surface area contributed by atoms with Crippen molar-refractivity contribution in [3.63, 3.8) is 0 Å². The Hall–Kier alpha value is -2.22. The molecular formula is C24H33N3O3S. The Morgan fingerprint density at radius 3 is 2.35 bits per heavy atom. The van der Waals surface area contributed by atoms with Gasteiger partial charge < -0.3 is 5.32 Å². The maximum absolute atomic E-state index is 12.9. The van der Waals surface area contributed by atoms with E-state index in [0.717, 1.165) is 13.1 Å². The molecule has 2 aromatic rings. The smallest absolute Gasteiger partial charge is 0.251 e. The fourth-order valence-electron chi connectivity index (χ4n) is 3.83. The highest BCUT2D eigenvalue weighted by molar-refractivity contribution is 7.89. The van der Waals surface area contributed by atoms with Crippen molar-refractivity contribution >= 4 is 15.9 Å². The SMILES string of the molecule is Cc1ccc(C(CNC(=O)c2cccc(S(=O)(=O)N(C)C(C)C)c2)N2CCCC2)cc1. The summed E-state index contributed by atoms with van der Waals surface area (Å²) in [5, 5.41) is 3.03. The molecule has 1 fully saturated rings. The van der Waals surface area contributed by atoms with E-state index >= 15 is 0 Å². The molecule has 0 bridgehead atoms. The lowest BCUT2D eigenvalue weighted by Crippen LogP contribution is -2.37. The lowest BCUT2D eigenvalue weighted by atomic mass is 10.0. The fraction of sp³-hybridized carbons (Fsp3) is 0.458. The number of likely N-dealkylation sites (tertiary alicyclic amines) is 1. The van der Waals surface area contributed by atoms with Crippen LogP contribution in [0.15, 0.2) is 53.4 Å². The molecule has 168 valence electrons. The van der Waals surface area contributed by atoms with E-state index in [1.807, 2.05) is 13.8 Å². The zero-order valence-electron chi connectivity index (χ0n) is 18.8. The Balaban J connectivity index is 1.76. The summed E-state index contributed by atoms with van der Waals surface area (Å²) in [6.45, 7) is 8.21. The van der Waals surface area contributed by atoms with Crippen molar-refractivity contribution in [2.24, 2.45) is 0 Å². The minimum absolute atomic E-state index is 0.103.